The number of benzene rings is 2. The molecule has 11 heteroatoms. The van der Waals surface area contributed by atoms with Crippen LogP contribution in [0.15, 0.2) is 53.4 Å². The Kier molecular flexibility index (Phi) is 8.98. The van der Waals surface area contributed by atoms with E-state index >= 15 is 0 Å². The molecule has 2 atom stereocenters. The molecule has 9 nitrogen and oxygen atoms in total. The number of nitrogens with zero attached hydrogens (tertiary/aromatic N) is 1. The number of amides is 3. The maximum absolute atomic E-state index is 12.8. The lowest BCUT2D eigenvalue weighted by Crippen LogP contribution is -2.54. The standard InChI is InChI=1S/C22H27ClN4O5S/c1-5-14(2)19(24-20(28)15-9-11-17(23)12-10-15)22(30)26-25-21(29)16-7-6-8-18(13-16)33(31,32)27(3)4/h6-14,19H,5H2,1-4H3,(H,24,28)(H,25,29)(H,26,30)/t14-,19-/m0/s1. The van der Waals surface area contributed by atoms with Gasteiger partial charge in [-0.3, -0.25) is 25.2 Å². The highest BCUT2D eigenvalue weighted by Gasteiger charge is 2.27. The van der Waals surface area contributed by atoms with Gasteiger partial charge in [0.25, 0.3) is 17.7 Å². The molecule has 0 unspecified atom stereocenters. The summed E-state index contributed by atoms with van der Waals surface area (Å²) in [5, 5.41) is 3.16. The second-order valence-electron chi connectivity index (χ2n) is 7.60. The Morgan fingerprint density at radius 1 is 0.970 bits per heavy atom. The van der Waals surface area contributed by atoms with Gasteiger partial charge in [-0.15, -0.1) is 0 Å². The minimum absolute atomic E-state index is 0.0449. The number of carbonyl (C=O) groups excluding carboxylic acids is 3. The van der Waals surface area contributed by atoms with Crippen LogP contribution in [0.25, 0.3) is 0 Å². The number of rotatable bonds is 8. The number of sulfonamides is 1. The van der Waals surface area contributed by atoms with Crippen molar-refractivity contribution in [3.63, 3.8) is 0 Å². The van der Waals surface area contributed by atoms with Crippen molar-refractivity contribution in [1.82, 2.24) is 20.5 Å². The van der Waals surface area contributed by atoms with Gasteiger partial charge in [0.15, 0.2) is 0 Å². The molecule has 3 amide bonds. The van der Waals surface area contributed by atoms with Gasteiger partial charge in [-0.1, -0.05) is 37.9 Å². The van der Waals surface area contributed by atoms with Crippen molar-refractivity contribution in [2.75, 3.05) is 14.1 Å². The van der Waals surface area contributed by atoms with Gasteiger partial charge in [0.2, 0.25) is 10.0 Å². The maximum atomic E-state index is 12.8. The molecule has 0 saturated heterocycles. The predicted octanol–water partition coefficient (Wildman–Crippen LogP) is 2.20. The van der Waals surface area contributed by atoms with E-state index in [1.54, 1.807) is 31.2 Å². The van der Waals surface area contributed by atoms with E-state index < -0.39 is 33.8 Å². The van der Waals surface area contributed by atoms with Crippen LogP contribution in [0.1, 0.15) is 41.0 Å². The first-order valence-corrected chi connectivity index (χ1v) is 12.0. The largest absolute Gasteiger partial charge is 0.340 e. The van der Waals surface area contributed by atoms with E-state index in [1.807, 2.05) is 6.92 Å². The zero-order valence-electron chi connectivity index (χ0n) is 18.8. The average molecular weight is 495 g/mol. The molecule has 2 aromatic rings. The predicted molar refractivity (Wildman–Crippen MR) is 125 cm³/mol. The fourth-order valence-corrected chi connectivity index (χ4v) is 3.88. The molecular formula is C22H27ClN4O5S. The van der Waals surface area contributed by atoms with Gasteiger partial charge in [-0.2, -0.15) is 0 Å². The highest BCUT2D eigenvalue weighted by Crippen LogP contribution is 2.15. The van der Waals surface area contributed by atoms with Crippen LogP contribution in [0.4, 0.5) is 0 Å². The van der Waals surface area contributed by atoms with Crippen LogP contribution < -0.4 is 16.2 Å². The molecule has 0 spiro atoms. The van der Waals surface area contributed by atoms with Crippen LogP contribution in [0.5, 0.6) is 0 Å². The van der Waals surface area contributed by atoms with Crippen molar-refractivity contribution in [3.05, 3.63) is 64.7 Å². The third kappa shape index (κ3) is 6.77. The number of hydrazine groups is 1. The molecule has 0 aromatic heterocycles. The van der Waals surface area contributed by atoms with Gasteiger partial charge in [-0.25, -0.2) is 12.7 Å². The van der Waals surface area contributed by atoms with Crippen molar-refractivity contribution in [1.29, 1.82) is 0 Å². The molecular weight excluding hydrogens is 468 g/mol. The Bertz CT molecular complexity index is 1120. The summed E-state index contributed by atoms with van der Waals surface area (Å²) < 4.78 is 25.6. The van der Waals surface area contributed by atoms with Crippen LogP contribution in [-0.4, -0.2) is 50.6 Å². The average Bonchev–Trinajstić information content (AvgIpc) is 2.80. The van der Waals surface area contributed by atoms with Gasteiger partial charge in [-0.05, 0) is 48.4 Å². The Balaban J connectivity index is 2.10. The van der Waals surface area contributed by atoms with E-state index in [0.29, 0.717) is 17.0 Å². The quantitative estimate of drug-likeness (QED) is 0.485. The number of hydrogen-bond acceptors (Lipinski definition) is 5. The van der Waals surface area contributed by atoms with E-state index in [4.69, 9.17) is 11.6 Å². The van der Waals surface area contributed by atoms with E-state index in [1.165, 1.54) is 38.4 Å². The van der Waals surface area contributed by atoms with Crippen molar-refractivity contribution < 1.29 is 22.8 Å². The third-order valence-corrected chi connectivity index (χ3v) is 7.13. The molecule has 0 saturated carbocycles. The summed E-state index contributed by atoms with van der Waals surface area (Å²) in [5.41, 5.74) is 4.96. The van der Waals surface area contributed by atoms with Crippen LogP contribution in [0.3, 0.4) is 0 Å². The minimum Gasteiger partial charge on any atom is -0.340 e. The van der Waals surface area contributed by atoms with E-state index in [2.05, 4.69) is 16.2 Å². The highest BCUT2D eigenvalue weighted by molar-refractivity contribution is 7.89. The van der Waals surface area contributed by atoms with Crippen LogP contribution in [-0.2, 0) is 14.8 Å². The Morgan fingerprint density at radius 2 is 1.61 bits per heavy atom. The first-order valence-electron chi connectivity index (χ1n) is 10.2. The van der Waals surface area contributed by atoms with Crippen LogP contribution in [0, 0.1) is 5.92 Å². The topological polar surface area (TPSA) is 125 Å². The Morgan fingerprint density at radius 3 is 2.18 bits per heavy atom. The summed E-state index contributed by atoms with van der Waals surface area (Å²) in [4.78, 5) is 37.8. The van der Waals surface area contributed by atoms with Gasteiger partial charge in [0.05, 0.1) is 4.90 Å². The molecule has 0 aliphatic carbocycles. The molecule has 2 aromatic carbocycles. The fourth-order valence-electron chi connectivity index (χ4n) is 2.80. The van der Waals surface area contributed by atoms with Crippen molar-refractivity contribution in [3.8, 4) is 0 Å². The zero-order valence-corrected chi connectivity index (χ0v) is 20.3. The molecule has 3 N–H and O–H groups in total. The highest BCUT2D eigenvalue weighted by atomic mass is 35.5. The molecule has 0 bridgehead atoms. The molecule has 33 heavy (non-hydrogen) atoms. The van der Waals surface area contributed by atoms with Crippen molar-refractivity contribution in [2.45, 2.75) is 31.2 Å². The smallest absolute Gasteiger partial charge is 0.269 e. The lowest BCUT2D eigenvalue weighted by molar-refractivity contribution is -0.124. The lowest BCUT2D eigenvalue weighted by Gasteiger charge is -2.23. The van der Waals surface area contributed by atoms with Crippen molar-refractivity contribution in [2.24, 2.45) is 5.92 Å². The summed E-state index contributed by atoms with van der Waals surface area (Å²) in [5.74, 6) is -2.00. The maximum Gasteiger partial charge on any atom is 0.269 e. The zero-order chi connectivity index (χ0) is 24.8. The van der Waals surface area contributed by atoms with E-state index in [9.17, 15) is 22.8 Å². The Hall–Kier alpha value is -2.95. The SMILES string of the molecule is CC[C@H](C)[C@H](NC(=O)c1ccc(Cl)cc1)C(=O)NNC(=O)c1cccc(S(=O)(=O)N(C)C)c1. The number of carbonyl (C=O) groups is 3. The van der Waals surface area contributed by atoms with E-state index in [-0.39, 0.29) is 16.4 Å². The minimum atomic E-state index is -3.72. The first-order chi connectivity index (χ1) is 15.5. The monoisotopic (exact) mass is 494 g/mol. The van der Waals surface area contributed by atoms with Crippen molar-refractivity contribution >= 4 is 39.3 Å². The second-order valence-corrected chi connectivity index (χ2v) is 10.2. The number of nitrogens with one attached hydrogen (secondary N) is 3. The van der Waals surface area contributed by atoms with Crippen LogP contribution in [0.2, 0.25) is 5.02 Å². The molecule has 0 radical (unpaired) electrons. The second kappa shape index (κ2) is 11.3. The van der Waals surface area contributed by atoms with E-state index in [0.717, 1.165) is 4.31 Å². The summed E-state index contributed by atoms with van der Waals surface area (Å²) in [7, 11) is -0.955. The summed E-state index contributed by atoms with van der Waals surface area (Å²) in [6.45, 7) is 3.67. The van der Waals surface area contributed by atoms with Gasteiger partial charge in [0, 0.05) is 30.2 Å². The number of hydrogen-bond donors (Lipinski definition) is 3. The molecule has 0 heterocycles. The molecule has 0 fully saturated rings. The fraction of sp³-hybridized carbons (Fsp3) is 0.318. The number of halogens is 1. The lowest BCUT2D eigenvalue weighted by atomic mass is 9.98. The summed E-state index contributed by atoms with van der Waals surface area (Å²) in [6, 6.07) is 10.7. The molecule has 178 valence electrons. The van der Waals surface area contributed by atoms with Gasteiger partial charge < -0.3 is 5.32 Å². The third-order valence-electron chi connectivity index (χ3n) is 5.06. The van der Waals surface area contributed by atoms with Crippen LogP contribution >= 0.6 is 11.6 Å². The normalized spacial score (nSPS) is 13.2. The van der Waals surface area contributed by atoms with Gasteiger partial charge >= 0.3 is 0 Å². The van der Waals surface area contributed by atoms with Gasteiger partial charge in [0.1, 0.15) is 6.04 Å². The Labute approximate surface area is 198 Å². The first kappa shape index (κ1) is 26.3. The summed E-state index contributed by atoms with van der Waals surface area (Å²) in [6.07, 6.45) is 0.595. The molecule has 2 rings (SSSR count). The summed E-state index contributed by atoms with van der Waals surface area (Å²) >= 11 is 5.85. The molecule has 0 aliphatic heterocycles. The molecule has 0 aliphatic rings.